The highest BCUT2D eigenvalue weighted by molar-refractivity contribution is 7.89. The van der Waals surface area contributed by atoms with E-state index >= 15 is 0 Å². The molecule has 0 amide bonds. The predicted molar refractivity (Wildman–Crippen MR) is 54.2 cm³/mol. The lowest BCUT2D eigenvalue weighted by Crippen LogP contribution is -2.14. The molecule has 0 aromatic heterocycles. The van der Waals surface area contributed by atoms with Gasteiger partial charge in [-0.2, -0.15) is 0 Å². The summed E-state index contributed by atoms with van der Waals surface area (Å²) in [4.78, 5) is 9.44. The van der Waals surface area contributed by atoms with Crippen LogP contribution >= 0.6 is 11.6 Å². The minimum absolute atomic E-state index is 0.120. The van der Waals surface area contributed by atoms with E-state index in [9.17, 15) is 18.5 Å². The molecule has 82 valence electrons. The van der Waals surface area contributed by atoms with Crippen molar-refractivity contribution in [3.05, 3.63) is 32.8 Å². The van der Waals surface area contributed by atoms with E-state index in [1.54, 1.807) is 0 Å². The van der Waals surface area contributed by atoms with Crippen molar-refractivity contribution in [2.75, 3.05) is 0 Å². The van der Waals surface area contributed by atoms with E-state index in [1.807, 2.05) is 0 Å². The summed E-state index contributed by atoms with van der Waals surface area (Å²) in [7, 11) is -3.97. The van der Waals surface area contributed by atoms with Crippen molar-refractivity contribution in [3.8, 4) is 0 Å². The molecule has 0 saturated carbocycles. The Bertz CT molecular complexity index is 526. The molecule has 0 aliphatic rings. The topological polar surface area (TPSA) is 103 Å². The number of sulfonamides is 1. The second kappa shape index (κ2) is 3.76. The first-order chi connectivity index (χ1) is 6.73. The molecule has 1 aromatic carbocycles. The number of nitrogens with two attached hydrogens (primary N) is 1. The summed E-state index contributed by atoms with van der Waals surface area (Å²) in [5.74, 6) is 0. The Labute approximate surface area is 90.9 Å². The second-order valence-electron chi connectivity index (χ2n) is 2.87. The molecule has 0 spiro atoms. The highest BCUT2D eigenvalue weighted by Crippen LogP contribution is 2.29. The number of aryl methyl sites for hydroxylation is 1. The van der Waals surface area contributed by atoms with Crippen LogP contribution in [-0.2, 0) is 10.0 Å². The zero-order valence-corrected chi connectivity index (χ0v) is 9.17. The smallest absolute Gasteiger partial charge is 0.258 e. The normalized spacial score (nSPS) is 11.4. The van der Waals surface area contributed by atoms with Crippen LogP contribution in [0.2, 0.25) is 5.02 Å². The van der Waals surface area contributed by atoms with E-state index in [2.05, 4.69) is 0 Å². The molecule has 0 atom stereocenters. The molecule has 8 heteroatoms. The van der Waals surface area contributed by atoms with Crippen molar-refractivity contribution in [2.24, 2.45) is 5.14 Å². The molecule has 1 aromatic rings. The van der Waals surface area contributed by atoms with Crippen molar-refractivity contribution in [1.82, 2.24) is 0 Å². The molecule has 0 unspecified atom stereocenters. The number of halogens is 1. The van der Waals surface area contributed by atoms with E-state index in [-0.39, 0.29) is 15.5 Å². The average Bonchev–Trinajstić information content (AvgIpc) is 2.00. The minimum Gasteiger partial charge on any atom is -0.258 e. The van der Waals surface area contributed by atoms with Gasteiger partial charge in [-0.1, -0.05) is 11.6 Å². The molecule has 6 nitrogen and oxygen atoms in total. The maximum atomic E-state index is 11.1. The quantitative estimate of drug-likeness (QED) is 0.629. The molecular weight excluding hydrogens is 244 g/mol. The van der Waals surface area contributed by atoms with Crippen LogP contribution in [0.1, 0.15) is 5.56 Å². The summed E-state index contributed by atoms with van der Waals surface area (Å²) < 4.78 is 22.1. The van der Waals surface area contributed by atoms with Gasteiger partial charge in [0.25, 0.3) is 5.69 Å². The van der Waals surface area contributed by atoms with Crippen LogP contribution in [0.15, 0.2) is 17.0 Å². The van der Waals surface area contributed by atoms with E-state index in [1.165, 1.54) is 13.0 Å². The monoisotopic (exact) mass is 250 g/mol. The van der Waals surface area contributed by atoms with Crippen LogP contribution in [0.5, 0.6) is 0 Å². The summed E-state index contributed by atoms with van der Waals surface area (Å²) in [6.07, 6.45) is 0. The predicted octanol–water partition coefficient (Wildman–Crippen LogP) is 1.20. The zero-order valence-electron chi connectivity index (χ0n) is 7.60. The molecule has 0 saturated heterocycles. The van der Waals surface area contributed by atoms with Crippen LogP contribution in [0.25, 0.3) is 0 Å². The van der Waals surface area contributed by atoms with Gasteiger partial charge >= 0.3 is 0 Å². The molecule has 0 fully saturated rings. The van der Waals surface area contributed by atoms with Crippen LogP contribution in [-0.4, -0.2) is 13.3 Å². The lowest BCUT2D eigenvalue weighted by molar-refractivity contribution is -0.384. The summed E-state index contributed by atoms with van der Waals surface area (Å²) in [6, 6.07) is 2.05. The number of hydrogen-bond acceptors (Lipinski definition) is 4. The number of rotatable bonds is 2. The van der Waals surface area contributed by atoms with Gasteiger partial charge in [0, 0.05) is 6.07 Å². The number of hydrogen-bond donors (Lipinski definition) is 1. The van der Waals surface area contributed by atoms with Crippen molar-refractivity contribution in [3.63, 3.8) is 0 Å². The number of benzene rings is 1. The van der Waals surface area contributed by atoms with E-state index in [4.69, 9.17) is 16.7 Å². The Kier molecular flexibility index (Phi) is 2.98. The van der Waals surface area contributed by atoms with Gasteiger partial charge in [0.05, 0.1) is 9.82 Å². The molecule has 2 N–H and O–H groups in total. The van der Waals surface area contributed by atoms with Crippen LogP contribution < -0.4 is 5.14 Å². The Balaban J connectivity index is 3.58. The van der Waals surface area contributed by atoms with Crippen molar-refractivity contribution in [2.45, 2.75) is 11.8 Å². The van der Waals surface area contributed by atoms with Crippen LogP contribution in [0.3, 0.4) is 0 Å². The van der Waals surface area contributed by atoms with Gasteiger partial charge < -0.3 is 0 Å². The third-order valence-corrected chi connectivity index (χ3v) is 3.10. The van der Waals surface area contributed by atoms with E-state index in [0.717, 1.165) is 6.07 Å². The standard InChI is InChI=1S/C7H7ClN2O4S/c1-4-2-5(8)6(10(11)12)3-7(4)15(9,13)14/h2-3H,1H3,(H2,9,13,14). The highest BCUT2D eigenvalue weighted by Gasteiger charge is 2.20. The van der Waals surface area contributed by atoms with Gasteiger partial charge in [-0.05, 0) is 18.6 Å². The lowest BCUT2D eigenvalue weighted by atomic mass is 10.2. The van der Waals surface area contributed by atoms with Gasteiger partial charge in [-0.3, -0.25) is 10.1 Å². The Morgan fingerprint density at radius 1 is 1.47 bits per heavy atom. The third kappa shape index (κ3) is 2.44. The number of nitrogens with zero attached hydrogens (tertiary/aromatic N) is 1. The first-order valence-corrected chi connectivity index (χ1v) is 5.63. The van der Waals surface area contributed by atoms with Crippen molar-refractivity contribution in [1.29, 1.82) is 0 Å². The fourth-order valence-electron chi connectivity index (χ4n) is 1.09. The fourth-order valence-corrected chi connectivity index (χ4v) is 2.16. The lowest BCUT2D eigenvalue weighted by Gasteiger charge is -2.03. The molecule has 15 heavy (non-hydrogen) atoms. The van der Waals surface area contributed by atoms with E-state index in [0.29, 0.717) is 0 Å². The SMILES string of the molecule is Cc1cc(Cl)c([N+](=O)[O-])cc1S(N)(=O)=O. The molecular formula is C7H7ClN2O4S. The molecule has 0 aliphatic carbocycles. The molecule has 1 rings (SSSR count). The largest absolute Gasteiger partial charge is 0.289 e. The minimum atomic E-state index is -3.97. The van der Waals surface area contributed by atoms with Gasteiger partial charge in [0.15, 0.2) is 0 Å². The highest BCUT2D eigenvalue weighted by atomic mass is 35.5. The summed E-state index contributed by atoms with van der Waals surface area (Å²) >= 11 is 5.57. The van der Waals surface area contributed by atoms with Crippen molar-refractivity contribution < 1.29 is 13.3 Å². The maximum Gasteiger partial charge on any atom is 0.289 e. The van der Waals surface area contributed by atoms with Gasteiger partial charge in [0.2, 0.25) is 10.0 Å². The summed E-state index contributed by atoms with van der Waals surface area (Å²) in [5, 5.41) is 15.3. The molecule has 0 radical (unpaired) electrons. The number of nitro groups is 1. The first kappa shape index (κ1) is 11.9. The molecule has 0 bridgehead atoms. The number of nitro benzene ring substituents is 1. The third-order valence-electron chi connectivity index (χ3n) is 1.75. The van der Waals surface area contributed by atoms with Crippen molar-refractivity contribution >= 4 is 27.3 Å². The van der Waals surface area contributed by atoms with Gasteiger partial charge in [-0.25, -0.2) is 13.6 Å². The molecule has 0 aliphatic heterocycles. The first-order valence-electron chi connectivity index (χ1n) is 3.71. The van der Waals surface area contributed by atoms with Crippen LogP contribution in [0, 0.1) is 17.0 Å². The Morgan fingerprint density at radius 2 is 2.00 bits per heavy atom. The zero-order chi connectivity index (χ0) is 11.8. The summed E-state index contributed by atoms with van der Waals surface area (Å²) in [6.45, 7) is 1.45. The van der Waals surface area contributed by atoms with E-state index < -0.39 is 20.6 Å². The maximum absolute atomic E-state index is 11.1. The second-order valence-corrected chi connectivity index (χ2v) is 4.81. The van der Waals surface area contributed by atoms with Crippen LogP contribution in [0.4, 0.5) is 5.69 Å². The Morgan fingerprint density at radius 3 is 2.40 bits per heavy atom. The summed E-state index contributed by atoms with van der Waals surface area (Å²) in [5.41, 5.74) is -0.209. The fraction of sp³-hybridized carbons (Fsp3) is 0.143. The van der Waals surface area contributed by atoms with Gasteiger partial charge in [-0.15, -0.1) is 0 Å². The van der Waals surface area contributed by atoms with Gasteiger partial charge in [0.1, 0.15) is 5.02 Å². The molecule has 0 heterocycles. The number of primary sulfonamides is 1. The average molecular weight is 251 g/mol. The Hall–Kier alpha value is -1.18.